The minimum absolute atomic E-state index is 0. The first-order valence-corrected chi connectivity index (χ1v) is 4.38. The van der Waals surface area contributed by atoms with Crippen LogP contribution in [0.2, 0.25) is 0 Å². The first kappa shape index (κ1) is 17.0. The van der Waals surface area contributed by atoms with Crippen molar-refractivity contribution in [3.8, 4) is 0 Å². The molecule has 4 nitrogen and oxygen atoms in total. The van der Waals surface area contributed by atoms with E-state index in [1.807, 2.05) is 13.8 Å². The van der Waals surface area contributed by atoms with E-state index in [4.69, 9.17) is 5.11 Å². The Hall–Kier alpha value is 0.576. The largest absolute Gasteiger partial charge is 1.00 e. The fourth-order valence-corrected chi connectivity index (χ4v) is 1.01. The number of esters is 1. The van der Waals surface area contributed by atoms with Crippen molar-refractivity contribution in [1.82, 2.24) is 0 Å². The van der Waals surface area contributed by atoms with Crippen LogP contribution in [0, 0.1) is 11.8 Å². The first-order valence-electron chi connectivity index (χ1n) is 4.38. The predicted molar refractivity (Wildman–Crippen MR) is 48.3 cm³/mol. The van der Waals surface area contributed by atoms with Crippen LogP contribution in [0.15, 0.2) is 0 Å². The third kappa shape index (κ3) is 6.95. The Morgan fingerprint density at radius 1 is 1.43 bits per heavy atom. The SMILES string of the molecule is CCOC(=O)C(CC(C)C)C(=O)O.[H-].[K+]. The van der Waals surface area contributed by atoms with E-state index < -0.39 is 17.9 Å². The molecule has 0 aliphatic heterocycles. The molecule has 0 aliphatic rings. The number of carbonyl (C=O) groups is 2. The normalized spacial score (nSPS) is 11.7. The molecule has 0 heterocycles. The monoisotopic (exact) mass is 228 g/mol. The van der Waals surface area contributed by atoms with Crippen LogP contribution in [0.1, 0.15) is 28.6 Å². The molecule has 14 heavy (non-hydrogen) atoms. The molecule has 0 aromatic rings. The molecule has 78 valence electrons. The van der Waals surface area contributed by atoms with Crippen LogP contribution in [0.5, 0.6) is 0 Å². The van der Waals surface area contributed by atoms with Gasteiger partial charge in [-0.25, -0.2) is 0 Å². The summed E-state index contributed by atoms with van der Waals surface area (Å²) in [6, 6.07) is 0. The Bertz CT molecular complexity index is 197. The number of hydrogen-bond donors (Lipinski definition) is 1. The summed E-state index contributed by atoms with van der Waals surface area (Å²) in [7, 11) is 0. The number of carbonyl (C=O) groups excluding carboxylic acids is 1. The summed E-state index contributed by atoms with van der Waals surface area (Å²) in [4.78, 5) is 21.8. The topological polar surface area (TPSA) is 63.6 Å². The Kier molecular flexibility index (Phi) is 10.7. The van der Waals surface area contributed by atoms with E-state index in [9.17, 15) is 9.59 Å². The second-order valence-corrected chi connectivity index (χ2v) is 3.27. The number of carboxylic acids is 1. The van der Waals surface area contributed by atoms with Crippen LogP contribution >= 0.6 is 0 Å². The van der Waals surface area contributed by atoms with E-state index in [2.05, 4.69) is 4.74 Å². The minimum atomic E-state index is -1.10. The number of hydrogen-bond acceptors (Lipinski definition) is 3. The van der Waals surface area contributed by atoms with Crippen molar-refractivity contribution in [2.45, 2.75) is 27.2 Å². The summed E-state index contributed by atoms with van der Waals surface area (Å²) in [6.07, 6.45) is 0.328. The van der Waals surface area contributed by atoms with Crippen LogP contribution in [0.25, 0.3) is 0 Å². The maximum absolute atomic E-state index is 11.1. The zero-order valence-electron chi connectivity index (χ0n) is 10.2. The molecule has 0 rings (SSSR count). The first-order chi connectivity index (χ1) is 5.99. The number of rotatable bonds is 5. The molecule has 0 bridgehead atoms. The zero-order chi connectivity index (χ0) is 10.4. The zero-order valence-corrected chi connectivity index (χ0v) is 12.4. The Balaban J connectivity index is -0.000000720. The van der Waals surface area contributed by atoms with Gasteiger partial charge in [0.25, 0.3) is 0 Å². The summed E-state index contributed by atoms with van der Waals surface area (Å²) in [5.74, 6) is -2.58. The van der Waals surface area contributed by atoms with Crippen LogP contribution < -0.4 is 51.4 Å². The fourth-order valence-electron chi connectivity index (χ4n) is 1.01. The molecule has 0 saturated carbocycles. The summed E-state index contributed by atoms with van der Waals surface area (Å²) >= 11 is 0. The van der Waals surface area contributed by atoms with E-state index in [0.717, 1.165) is 0 Å². The number of ether oxygens (including phenoxy) is 1. The van der Waals surface area contributed by atoms with E-state index in [1.165, 1.54) is 0 Å². The quantitative estimate of drug-likeness (QED) is 0.350. The van der Waals surface area contributed by atoms with Crippen molar-refractivity contribution < 1.29 is 72.2 Å². The Morgan fingerprint density at radius 2 is 1.93 bits per heavy atom. The van der Waals surface area contributed by atoms with E-state index in [0.29, 0.717) is 6.42 Å². The molecule has 1 atom stereocenters. The molecule has 0 fully saturated rings. The molecule has 0 spiro atoms. The van der Waals surface area contributed by atoms with Crippen molar-refractivity contribution in [2.75, 3.05) is 6.61 Å². The van der Waals surface area contributed by atoms with Gasteiger partial charge in [-0.1, -0.05) is 13.8 Å². The van der Waals surface area contributed by atoms with Crippen LogP contribution in [0.4, 0.5) is 0 Å². The van der Waals surface area contributed by atoms with E-state index in [1.54, 1.807) is 6.92 Å². The summed E-state index contributed by atoms with van der Waals surface area (Å²) in [6.45, 7) is 5.62. The van der Waals surface area contributed by atoms with Crippen molar-refractivity contribution in [1.29, 1.82) is 0 Å². The van der Waals surface area contributed by atoms with Crippen molar-refractivity contribution >= 4 is 11.9 Å². The van der Waals surface area contributed by atoms with Gasteiger partial charge in [0.15, 0.2) is 5.92 Å². The van der Waals surface area contributed by atoms with E-state index >= 15 is 0 Å². The molecular formula is C9H17KO4. The van der Waals surface area contributed by atoms with Gasteiger partial charge in [0.2, 0.25) is 0 Å². The standard InChI is InChI=1S/C9H16O4.K.H/c1-4-13-9(12)7(8(10)11)5-6(2)3;;/h6-7H,4-5H2,1-3H3,(H,10,11);;/q;+1;-1. The third-order valence-corrected chi connectivity index (χ3v) is 1.58. The maximum atomic E-state index is 11.1. The van der Waals surface area contributed by atoms with Crippen LogP contribution in [0.3, 0.4) is 0 Å². The van der Waals surface area contributed by atoms with Gasteiger partial charge in [0.1, 0.15) is 0 Å². The smallest absolute Gasteiger partial charge is 1.00 e. The van der Waals surface area contributed by atoms with Gasteiger partial charge in [0, 0.05) is 0 Å². The van der Waals surface area contributed by atoms with Gasteiger partial charge in [-0.15, -0.1) is 0 Å². The molecule has 5 heteroatoms. The Morgan fingerprint density at radius 3 is 2.21 bits per heavy atom. The summed E-state index contributed by atoms with van der Waals surface area (Å²) < 4.78 is 4.65. The molecule has 0 radical (unpaired) electrons. The van der Waals surface area contributed by atoms with Crippen molar-refractivity contribution in [3.05, 3.63) is 0 Å². The van der Waals surface area contributed by atoms with Gasteiger partial charge in [-0.3, -0.25) is 9.59 Å². The number of carboxylic acid groups (broad SMARTS) is 1. The third-order valence-electron chi connectivity index (χ3n) is 1.58. The van der Waals surface area contributed by atoms with Crippen molar-refractivity contribution in [3.63, 3.8) is 0 Å². The average molecular weight is 228 g/mol. The van der Waals surface area contributed by atoms with Crippen molar-refractivity contribution in [2.24, 2.45) is 11.8 Å². The van der Waals surface area contributed by atoms with Crippen LogP contribution in [-0.2, 0) is 14.3 Å². The summed E-state index contributed by atoms with van der Waals surface area (Å²) in [5, 5.41) is 8.72. The second-order valence-electron chi connectivity index (χ2n) is 3.27. The second kappa shape index (κ2) is 8.85. The van der Waals surface area contributed by atoms with Gasteiger partial charge < -0.3 is 11.3 Å². The minimum Gasteiger partial charge on any atom is -1.00 e. The molecular weight excluding hydrogens is 211 g/mol. The molecule has 1 unspecified atom stereocenters. The molecule has 0 aromatic carbocycles. The van der Waals surface area contributed by atoms with Gasteiger partial charge in [-0.05, 0) is 19.3 Å². The molecule has 1 N–H and O–H groups in total. The average Bonchev–Trinajstić information content (AvgIpc) is 1.99. The van der Waals surface area contributed by atoms with Crippen LogP contribution in [-0.4, -0.2) is 23.7 Å². The molecule has 0 aromatic heterocycles. The molecule has 0 saturated heterocycles. The molecule has 0 aliphatic carbocycles. The maximum Gasteiger partial charge on any atom is 1.00 e. The van der Waals surface area contributed by atoms with Gasteiger partial charge >= 0.3 is 63.3 Å². The Labute approximate surface area is 128 Å². The summed E-state index contributed by atoms with van der Waals surface area (Å²) in [5.41, 5.74) is 0. The van der Waals surface area contributed by atoms with Gasteiger partial charge in [0.05, 0.1) is 6.61 Å². The fraction of sp³-hybridized carbons (Fsp3) is 0.778. The molecule has 0 amide bonds. The number of aliphatic carboxylic acids is 1. The van der Waals surface area contributed by atoms with E-state index in [-0.39, 0.29) is 65.3 Å². The van der Waals surface area contributed by atoms with Gasteiger partial charge in [-0.2, -0.15) is 0 Å². The predicted octanol–water partition coefficient (Wildman–Crippen LogP) is -1.59.